The molecule has 9 nitrogen and oxygen atoms in total. The molecule has 0 atom stereocenters. The highest BCUT2D eigenvalue weighted by molar-refractivity contribution is 7.21. The molecule has 0 fully saturated rings. The average molecular weight is 468 g/mol. The minimum absolute atomic E-state index is 0.103. The molecular formula is C23H25N5O4S. The molecule has 0 saturated carbocycles. The van der Waals surface area contributed by atoms with Crippen molar-refractivity contribution >= 4 is 50.6 Å². The molecule has 10 heteroatoms. The normalized spacial score (nSPS) is 10.8. The molecule has 2 heterocycles. The van der Waals surface area contributed by atoms with Gasteiger partial charge in [0.05, 0.1) is 11.3 Å². The van der Waals surface area contributed by atoms with E-state index in [0.29, 0.717) is 22.2 Å². The summed E-state index contributed by atoms with van der Waals surface area (Å²) in [6, 6.07) is 5.84. The van der Waals surface area contributed by atoms with E-state index in [1.807, 2.05) is 0 Å². The summed E-state index contributed by atoms with van der Waals surface area (Å²) < 4.78 is 0. The Morgan fingerprint density at radius 3 is 2.61 bits per heavy atom. The molecule has 0 unspecified atom stereocenters. The van der Waals surface area contributed by atoms with E-state index in [0.717, 1.165) is 49.5 Å². The summed E-state index contributed by atoms with van der Waals surface area (Å²) in [4.78, 5) is 29.1. The van der Waals surface area contributed by atoms with Crippen molar-refractivity contribution in [3.8, 4) is 11.8 Å². The number of benzene rings is 1. The third kappa shape index (κ3) is 4.99. The molecule has 0 radical (unpaired) electrons. The zero-order chi connectivity index (χ0) is 24.1. The van der Waals surface area contributed by atoms with Gasteiger partial charge in [-0.25, -0.2) is 9.78 Å². The number of nitrogens with two attached hydrogens (primary N) is 2. The molecular weight excluding hydrogens is 442 g/mol. The monoisotopic (exact) mass is 467 g/mol. The number of carboxylic acid groups (broad SMARTS) is 1. The minimum Gasteiger partial charge on any atom is -0.507 e. The lowest BCUT2D eigenvalue weighted by Crippen LogP contribution is -2.12. The van der Waals surface area contributed by atoms with E-state index in [2.05, 4.69) is 23.3 Å². The summed E-state index contributed by atoms with van der Waals surface area (Å²) in [5.41, 5.74) is 13.4. The lowest BCUT2D eigenvalue weighted by Gasteiger charge is -2.09. The second kappa shape index (κ2) is 10.2. The maximum absolute atomic E-state index is 12.9. The predicted octanol–water partition coefficient (Wildman–Crippen LogP) is 4.50. The van der Waals surface area contributed by atoms with Crippen LogP contribution in [0.2, 0.25) is 0 Å². The van der Waals surface area contributed by atoms with Crippen LogP contribution in [0.4, 0.5) is 17.2 Å². The number of unbranched alkanes of at least 4 members (excludes halogenated alkanes) is 4. The molecule has 0 spiro atoms. The van der Waals surface area contributed by atoms with E-state index >= 15 is 0 Å². The van der Waals surface area contributed by atoms with Gasteiger partial charge in [-0.2, -0.15) is 5.26 Å². The van der Waals surface area contributed by atoms with E-state index in [-0.39, 0.29) is 33.2 Å². The number of carbonyl (C=O) groups excluding carboxylic acids is 1. The number of amides is 1. The molecule has 3 rings (SSSR count). The topological polar surface area (TPSA) is 175 Å². The number of pyridine rings is 1. The van der Waals surface area contributed by atoms with E-state index in [1.165, 1.54) is 12.1 Å². The number of aryl methyl sites for hydroxylation is 1. The number of aromatic hydroxyl groups is 1. The first-order valence-electron chi connectivity index (χ1n) is 10.6. The third-order valence-electron chi connectivity index (χ3n) is 5.34. The molecule has 1 aromatic carbocycles. The molecule has 0 aliphatic rings. The van der Waals surface area contributed by atoms with Gasteiger partial charge in [0.1, 0.15) is 32.9 Å². The Kier molecular flexibility index (Phi) is 7.35. The standard InChI is InChI=1S/C23H25N5O4S/c1-2-3-4-5-6-7-13-15(11-24)20(26)28-22-17(13)18(25)19(33-22)21(30)27-12-8-9-16(29)14(10-12)23(31)32/h8-10,29H,2-7,25H2,1H3,(H2,26,28)(H,27,30)(H,31,32). The first-order valence-corrected chi connectivity index (χ1v) is 11.4. The summed E-state index contributed by atoms with van der Waals surface area (Å²) in [7, 11) is 0. The van der Waals surface area contributed by atoms with E-state index in [4.69, 9.17) is 16.6 Å². The van der Waals surface area contributed by atoms with Crippen LogP contribution in [0.1, 0.15) is 70.2 Å². The SMILES string of the molecule is CCCCCCCc1c(C#N)c(N)nc2sc(C(=O)Nc3ccc(O)c(C(=O)O)c3)c(N)c12. The first-order chi connectivity index (χ1) is 15.8. The summed E-state index contributed by atoms with van der Waals surface area (Å²) in [6.07, 6.45) is 5.82. The van der Waals surface area contributed by atoms with Gasteiger partial charge in [0.2, 0.25) is 0 Å². The molecule has 3 aromatic rings. The van der Waals surface area contributed by atoms with Gasteiger partial charge >= 0.3 is 5.97 Å². The maximum Gasteiger partial charge on any atom is 0.339 e. The zero-order valence-electron chi connectivity index (χ0n) is 18.1. The van der Waals surface area contributed by atoms with Crippen molar-refractivity contribution in [1.29, 1.82) is 5.26 Å². The van der Waals surface area contributed by atoms with Crippen LogP contribution in [0.3, 0.4) is 0 Å². The van der Waals surface area contributed by atoms with Gasteiger partial charge in [0.15, 0.2) is 0 Å². The van der Waals surface area contributed by atoms with Gasteiger partial charge < -0.3 is 27.0 Å². The Hall–Kier alpha value is -3.84. The molecule has 33 heavy (non-hydrogen) atoms. The summed E-state index contributed by atoms with van der Waals surface area (Å²) in [5, 5.41) is 31.6. The molecule has 0 aliphatic carbocycles. The molecule has 172 valence electrons. The molecule has 0 bridgehead atoms. The van der Waals surface area contributed by atoms with Crippen molar-refractivity contribution in [3.05, 3.63) is 39.8 Å². The van der Waals surface area contributed by atoms with E-state index in [1.54, 1.807) is 0 Å². The molecule has 0 saturated heterocycles. The van der Waals surface area contributed by atoms with Crippen LogP contribution in [-0.2, 0) is 6.42 Å². The second-order valence-electron chi connectivity index (χ2n) is 7.64. The van der Waals surface area contributed by atoms with Crippen LogP contribution in [0.25, 0.3) is 10.2 Å². The van der Waals surface area contributed by atoms with Crippen LogP contribution in [0.5, 0.6) is 5.75 Å². The zero-order valence-corrected chi connectivity index (χ0v) is 19.0. The predicted molar refractivity (Wildman–Crippen MR) is 129 cm³/mol. The Bertz CT molecular complexity index is 1260. The van der Waals surface area contributed by atoms with Gasteiger partial charge in [0, 0.05) is 11.1 Å². The van der Waals surface area contributed by atoms with Gasteiger partial charge in [-0.3, -0.25) is 4.79 Å². The Balaban J connectivity index is 1.96. The number of nitrogen functional groups attached to an aromatic ring is 2. The number of anilines is 3. The first kappa shape index (κ1) is 23.8. The minimum atomic E-state index is -1.32. The number of rotatable bonds is 9. The smallest absolute Gasteiger partial charge is 0.339 e. The van der Waals surface area contributed by atoms with Crippen LogP contribution in [0, 0.1) is 11.3 Å². The largest absolute Gasteiger partial charge is 0.507 e. The fourth-order valence-electron chi connectivity index (χ4n) is 3.67. The number of thiophene rings is 1. The quantitative estimate of drug-likeness (QED) is 0.226. The van der Waals surface area contributed by atoms with Crippen LogP contribution in [0.15, 0.2) is 18.2 Å². The van der Waals surface area contributed by atoms with Gasteiger partial charge in [0.25, 0.3) is 5.91 Å². The van der Waals surface area contributed by atoms with Crippen LogP contribution in [-0.4, -0.2) is 27.1 Å². The fourth-order valence-corrected chi connectivity index (χ4v) is 4.70. The number of nitriles is 1. The number of nitrogens with one attached hydrogen (secondary N) is 1. The summed E-state index contributed by atoms with van der Waals surface area (Å²) >= 11 is 1.06. The molecule has 2 aromatic heterocycles. The number of carboxylic acids is 1. The van der Waals surface area contributed by atoms with Crippen molar-refractivity contribution in [2.75, 3.05) is 16.8 Å². The Labute approximate surface area is 194 Å². The number of aromatic nitrogens is 1. The number of carbonyl (C=O) groups is 2. The lowest BCUT2D eigenvalue weighted by atomic mass is 9.98. The molecule has 1 amide bonds. The van der Waals surface area contributed by atoms with Gasteiger partial charge in [-0.1, -0.05) is 32.6 Å². The van der Waals surface area contributed by atoms with Gasteiger partial charge in [-0.05, 0) is 36.6 Å². The van der Waals surface area contributed by atoms with Crippen LogP contribution >= 0.6 is 11.3 Å². The Morgan fingerprint density at radius 1 is 1.21 bits per heavy atom. The van der Waals surface area contributed by atoms with Crippen molar-refractivity contribution in [2.45, 2.75) is 45.4 Å². The second-order valence-corrected chi connectivity index (χ2v) is 8.64. The van der Waals surface area contributed by atoms with Crippen molar-refractivity contribution < 1.29 is 19.8 Å². The number of nitrogens with zero attached hydrogens (tertiary/aromatic N) is 2. The summed E-state index contributed by atoms with van der Waals surface area (Å²) in [5.74, 6) is -2.18. The highest BCUT2D eigenvalue weighted by Gasteiger charge is 2.23. The van der Waals surface area contributed by atoms with Crippen molar-refractivity contribution in [2.24, 2.45) is 0 Å². The fraction of sp³-hybridized carbons (Fsp3) is 0.304. The summed E-state index contributed by atoms with van der Waals surface area (Å²) in [6.45, 7) is 2.14. The van der Waals surface area contributed by atoms with Crippen LogP contribution < -0.4 is 16.8 Å². The number of fused-ring (bicyclic) bond motifs is 1. The number of aromatic carboxylic acids is 1. The maximum atomic E-state index is 12.9. The molecule has 0 aliphatic heterocycles. The third-order valence-corrected chi connectivity index (χ3v) is 6.44. The average Bonchev–Trinajstić information content (AvgIpc) is 3.10. The van der Waals surface area contributed by atoms with Gasteiger partial charge in [-0.15, -0.1) is 11.3 Å². The highest BCUT2D eigenvalue weighted by Crippen LogP contribution is 2.39. The van der Waals surface area contributed by atoms with Crippen molar-refractivity contribution in [1.82, 2.24) is 4.98 Å². The number of hydrogen-bond donors (Lipinski definition) is 5. The Morgan fingerprint density at radius 2 is 1.94 bits per heavy atom. The highest BCUT2D eigenvalue weighted by atomic mass is 32.1. The van der Waals surface area contributed by atoms with E-state index in [9.17, 15) is 20.0 Å². The van der Waals surface area contributed by atoms with E-state index < -0.39 is 17.6 Å². The number of phenols is 1. The number of hydrogen-bond acceptors (Lipinski definition) is 8. The van der Waals surface area contributed by atoms with Crippen molar-refractivity contribution in [3.63, 3.8) is 0 Å². The molecule has 7 N–H and O–H groups in total. The lowest BCUT2D eigenvalue weighted by molar-refractivity contribution is 0.0693.